The van der Waals surface area contributed by atoms with Crippen molar-refractivity contribution in [2.24, 2.45) is 0 Å². The fourth-order valence-corrected chi connectivity index (χ4v) is 7.80. The van der Waals surface area contributed by atoms with Crippen LogP contribution in [-0.2, 0) is 50.2 Å². The highest BCUT2D eigenvalue weighted by molar-refractivity contribution is 7.48. The largest absolute Gasteiger partial charge is 0.477 e. The van der Waals surface area contributed by atoms with Crippen LogP contribution in [0.5, 0.6) is 0 Å². The third-order valence-corrected chi connectivity index (χ3v) is 10.8. The van der Waals surface area contributed by atoms with Gasteiger partial charge in [0, 0.05) is 22.3 Å². The van der Waals surface area contributed by atoms with E-state index in [2.05, 4.69) is 29.9 Å². The van der Waals surface area contributed by atoms with E-state index in [4.69, 9.17) is 28.1 Å². The molecule has 6 rings (SSSR count). The molecular weight excluding hydrogens is 874 g/mol. The Labute approximate surface area is 367 Å². The molecule has 0 radical (unpaired) electrons. The number of hydrogen-bond donors (Lipinski definition) is 4. The van der Waals surface area contributed by atoms with Crippen LogP contribution in [0.15, 0.2) is 97.1 Å². The maximum absolute atomic E-state index is 13.5. The smallest absolute Gasteiger partial charge is 0.453 e. The maximum Gasteiger partial charge on any atom is 0.477 e. The Morgan fingerprint density at radius 1 is 0.578 bits per heavy atom. The summed E-state index contributed by atoms with van der Waals surface area (Å²) in [4.78, 5) is 75.6. The Kier molecular flexibility index (Phi) is 15.4. The summed E-state index contributed by atoms with van der Waals surface area (Å²) in [6.07, 6.45) is -1.58. The minimum absolute atomic E-state index is 0.0559. The van der Waals surface area contributed by atoms with Gasteiger partial charge in [-0.3, -0.25) is 47.5 Å². The van der Waals surface area contributed by atoms with E-state index < -0.39 is 45.8 Å². The van der Waals surface area contributed by atoms with Crippen molar-refractivity contribution in [3.05, 3.63) is 119 Å². The van der Waals surface area contributed by atoms with Gasteiger partial charge in [0.2, 0.25) is 11.9 Å². The molecule has 0 atom stereocenters. The molecule has 2 heterocycles. The molecule has 0 fully saturated rings. The number of methoxy groups -OCH3 is 2. The van der Waals surface area contributed by atoms with Gasteiger partial charge < -0.3 is 19.3 Å². The molecule has 0 saturated carbocycles. The number of carbonyl (C=O) groups excluding carboxylic acids is 4. The third kappa shape index (κ3) is 13.5. The highest BCUT2D eigenvalue weighted by Gasteiger charge is 2.38. The summed E-state index contributed by atoms with van der Waals surface area (Å²) in [6, 6.07) is 27.1. The molecule has 340 valence electrons. The summed E-state index contributed by atoms with van der Waals surface area (Å²) in [6.45, 7) is 9.49. The van der Waals surface area contributed by atoms with Crippen LogP contribution in [0.4, 0.5) is 21.5 Å². The Bertz CT molecular complexity index is 2720. The molecule has 4 aromatic carbocycles. The van der Waals surface area contributed by atoms with E-state index >= 15 is 0 Å². The fraction of sp³-hybridized carbons (Fsp3) is 0.286. The highest BCUT2D eigenvalue weighted by atomic mass is 31.2. The van der Waals surface area contributed by atoms with Gasteiger partial charge in [0.15, 0.2) is 11.6 Å². The lowest BCUT2D eigenvalue weighted by Gasteiger charge is -2.31. The van der Waals surface area contributed by atoms with E-state index in [1.165, 1.54) is 22.3 Å². The van der Waals surface area contributed by atoms with Crippen molar-refractivity contribution in [3.63, 3.8) is 0 Å². The van der Waals surface area contributed by atoms with E-state index in [1.54, 1.807) is 126 Å². The number of aromatic nitrogens is 4. The molecule has 0 aliphatic rings. The zero-order valence-electron chi connectivity index (χ0n) is 36.1. The standard InChI is InChI=1S/C25H32N3O7P.C17H16N3O7P/c1-24(2,3)34-36(31,35-25(4,5)6)33-16-28-20-14-13-18(21(29)17-11-9-8-10-12-17)15-19(20)26-22(28)27-23(30)32-7;1-26-17(22)19-16-18-13-9-12(15(21)11-5-3-2-4-6-11)7-8-14(13)20(16)10-27-28(23,24)25/h8-15H,16H2,1-7H3,(H,26,27,30);2-9H,10H2,1H3,(H,18,19,22)(H2,23,24,25). The van der Waals surface area contributed by atoms with Gasteiger partial charge in [-0.1, -0.05) is 60.7 Å². The number of anilines is 2. The van der Waals surface area contributed by atoms with Crippen molar-refractivity contribution in [1.29, 1.82) is 0 Å². The summed E-state index contributed by atoms with van der Waals surface area (Å²) in [5.41, 5.74) is 1.82. The van der Waals surface area contributed by atoms with Gasteiger partial charge in [-0.2, -0.15) is 0 Å². The van der Waals surface area contributed by atoms with Gasteiger partial charge in [0.05, 0.1) is 47.5 Å². The van der Waals surface area contributed by atoms with Crippen LogP contribution in [0.1, 0.15) is 73.4 Å². The SMILES string of the molecule is COC(=O)Nc1nc2cc(C(=O)c3ccccc3)ccc2n1COP(=O)(O)O.COC(=O)Nc1nc2cc(C(=O)c3ccccc3)ccc2n1COP(=O)(OC(C)(C)C)OC(C)(C)C. The zero-order valence-corrected chi connectivity index (χ0v) is 37.9. The van der Waals surface area contributed by atoms with Crippen LogP contribution >= 0.6 is 15.6 Å². The molecular formula is C42H48N6O14P2. The average molecular weight is 923 g/mol. The summed E-state index contributed by atoms with van der Waals surface area (Å²) >= 11 is 0. The zero-order chi connectivity index (χ0) is 47.0. The lowest BCUT2D eigenvalue weighted by atomic mass is 10.0. The number of hydrogen-bond acceptors (Lipinski definition) is 14. The maximum atomic E-state index is 13.5. The first-order valence-electron chi connectivity index (χ1n) is 19.2. The summed E-state index contributed by atoms with van der Waals surface area (Å²) in [7, 11) is -6.43. The average Bonchev–Trinajstić information content (AvgIpc) is 3.75. The Balaban J connectivity index is 0.000000248. The van der Waals surface area contributed by atoms with Gasteiger partial charge in [0.1, 0.15) is 13.5 Å². The van der Waals surface area contributed by atoms with E-state index in [-0.39, 0.29) is 30.2 Å². The number of ketones is 2. The molecule has 0 saturated heterocycles. The quantitative estimate of drug-likeness (QED) is 0.0588. The second kappa shape index (κ2) is 20.2. The van der Waals surface area contributed by atoms with Crippen LogP contribution in [0, 0.1) is 0 Å². The molecule has 0 bridgehead atoms. The molecule has 0 aliphatic heterocycles. The molecule has 6 aromatic rings. The van der Waals surface area contributed by atoms with Crippen molar-refractivity contribution in [2.75, 3.05) is 24.9 Å². The van der Waals surface area contributed by atoms with Gasteiger partial charge in [-0.05, 0) is 77.9 Å². The number of fused-ring (bicyclic) bond motifs is 2. The first-order chi connectivity index (χ1) is 30.0. The topological polar surface area (TPSA) is 258 Å². The van der Waals surface area contributed by atoms with Gasteiger partial charge in [-0.25, -0.2) is 28.7 Å². The predicted octanol–water partition coefficient (Wildman–Crippen LogP) is 8.67. The fourth-order valence-electron chi connectivity index (χ4n) is 5.79. The summed E-state index contributed by atoms with van der Waals surface area (Å²) in [5, 5.41) is 4.86. The second-order valence-electron chi connectivity index (χ2n) is 15.6. The van der Waals surface area contributed by atoms with Crippen LogP contribution in [0.25, 0.3) is 22.1 Å². The van der Waals surface area contributed by atoms with Crippen LogP contribution in [0.3, 0.4) is 0 Å². The van der Waals surface area contributed by atoms with E-state index in [9.17, 15) is 28.3 Å². The van der Waals surface area contributed by atoms with Crippen LogP contribution in [0.2, 0.25) is 0 Å². The third-order valence-electron chi connectivity index (χ3n) is 8.36. The minimum Gasteiger partial charge on any atom is -0.453 e. The van der Waals surface area contributed by atoms with E-state index in [0.29, 0.717) is 44.3 Å². The van der Waals surface area contributed by atoms with Crippen molar-refractivity contribution < 1.29 is 65.7 Å². The van der Waals surface area contributed by atoms with Crippen LogP contribution < -0.4 is 10.6 Å². The summed E-state index contributed by atoms with van der Waals surface area (Å²) in [5.74, 6) is -0.378. The van der Waals surface area contributed by atoms with Gasteiger partial charge >= 0.3 is 27.8 Å². The van der Waals surface area contributed by atoms with Crippen LogP contribution in [-0.4, -0.2) is 78.1 Å². The molecule has 4 N–H and O–H groups in total. The molecule has 2 amide bonds. The monoisotopic (exact) mass is 922 g/mol. The van der Waals surface area contributed by atoms with Crippen molar-refractivity contribution in [2.45, 2.75) is 66.2 Å². The second-order valence-corrected chi connectivity index (χ2v) is 18.4. The Morgan fingerprint density at radius 2 is 0.953 bits per heavy atom. The molecule has 0 unspecified atom stereocenters. The molecule has 0 spiro atoms. The number of benzene rings is 4. The highest BCUT2D eigenvalue weighted by Crippen LogP contribution is 2.55. The first kappa shape index (κ1) is 48.9. The predicted molar refractivity (Wildman–Crippen MR) is 235 cm³/mol. The number of phosphoric ester groups is 2. The molecule has 20 nitrogen and oxygen atoms in total. The Morgan fingerprint density at radius 3 is 1.30 bits per heavy atom. The number of carbonyl (C=O) groups is 4. The normalized spacial score (nSPS) is 12.0. The number of ether oxygens (including phenoxy) is 2. The number of amides is 2. The Hall–Kier alpha value is -6.08. The van der Waals surface area contributed by atoms with Gasteiger partial charge in [-0.15, -0.1) is 0 Å². The summed E-state index contributed by atoms with van der Waals surface area (Å²) < 4.78 is 58.1. The van der Waals surface area contributed by atoms with Gasteiger partial charge in [0.25, 0.3) is 0 Å². The lowest BCUT2D eigenvalue weighted by Crippen LogP contribution is -2.25. The number of nitrogens with one attached hydrogen (secondary N) is 2. The molecule has 2 aromatic heterocycles. The number of phosphoric acid groups is 2. The molecule has 0 aliphatic carbocycles. The van der Waals surface area contributed by atoms with Crippen molar-refractivity contribution >= 4 is 73.4 Å². The molecule has 22 heteroatoms. The van der Waals surface area contributed by atoms with E-state index in [0.717, 1.165) is 7.11 Å². The van der Waals surface area contributed by atoms with Crippen molar-refractivity contribution in [1.82, 2.24) is 19.1 Å². The minimum atomic E-state index is -4.76. The number of nitrogens with zero attached hydrogens (tertiary/aromatic N) is 4. The van der Waals surface area contributed by atoms with Crippen molar-refractivity contribution in [3.8, 4) is 0 Å². The lowest BCUT2D eigenvalue weighted by molar-refractivity contribution is -0.00548. The first-order valence-corrected chi connectivity index (χ1v) is 22.2. The number of rotatable bonds is 14. The molecule has 64 heavy (non-hydrogen) atoms. The van der Waals surface area contributed by atoms with E-state index in [1.807, 2.05) is 6.07 Å². The number of imidazole rings is 2.